The van der Waals surface area contributed by atoms with Gasteiger partial charge in [-0.2, -0.15) is 13.2 Å². The molecule has 0 fully saturated rings. The average Bonchev–Trinajstić information content (AvgIpc) is 3.10. The molecule has 1 heterocycles. The number of carbonyl (C=O) groups excluding carboxylic acids is 1. The minimum absolute atomic E-state index is 0.0725. The molecule has 0 bridgehead atoms. The first-order chi connectivity index (χ1) is 13.3. The molecular formula is C19H17F3N2O4. The summed E-state index contributed by atoms with van der Waals surface area (Å²) < 4.78 is 54.6. The lowest BCUT2D eigenvalue weighted by Crippen LogP contribution is -2.41. The van der Waals surface area contributed by atoms with Crippen molar-refractivity contribution in [1.29, 1.82) is 0 Å². The quantitative estimate of drug-likeness (QED) is 0.641. The van der Waals surface area contributed by atoms with Crippen LogP contribution in [-0.2, 0) is 4.79 Å². The van der Waals surface area contributed by atoms with Crippen molar-refractivity contribution < 1.29 is 31.9 Å². The van der Waals surface area contributed by atoms with E-state index in [9.17, 15) is 18.0 Å². The normalized spacial score (nSPS) is 11.5. The second kappa shape index (κ2) is 7.41. The van der Waals surface area contributed by atoms with Gasteiger partial charge in [-0.25, -0.2) is 4.98 Å². The number of alkyl halides is 3. The number of ether oxygens (including phenoxy) is 2. The number of hydrogen-bond acceptors (Lipinski definition) is 5. The summed E-state index contributed by atoms with van der Waals surface area (Å²) in [5, 5.41) is 0. The van der Waals surface area contributed by atoms with Crippen LogP contribution < -0.4 is 14.4 Å². The van der Waals surface area contributed by atoms with Crippen molar-refractivity contribution >= 4 is 22.7 Å². The summed E-state index contributed by atoms with van der Waals surface area (Å²) >= 11 is 0. The number of fused-ring (bicyclic) bond motifs is 1. The fraction of sp³-hybridized carbons (Fsp3) is 0.263. The SMILES string of the molecule is CCN(C(=O)C(F)(F)F)c1ccc2nc(-c3cc(OC)cc(OC)c3)oc2c1. The first-order valence-electron chi connectivity index (χ1n) is 8.29. The molecule has 0 radical (unpaired) electrons. The lowest BCUT2D eigenvalue weighted by molar-refractivity contribution is -0.170. The van der Waals surface area contributed by atoms with Gasteiger partial charge in [-0.15, -0.1) is 0 Å². The van der Waals surface area contributed by atoms with Crippen molar-refractivity contribution in [2.75, 3.05) is 25.7 Å². The molecule has 0 unspecified atom stereocenters. The minimum atomic E-state index is -4.96. The summed E-state index contributed by atoms with van der Waals surface area (Å²) in [6.45, 7) is 1.32. The molecule has 0 aliphatic heterocycles. The predicted molar refractivity (Wildman–Crippen MR) is 96.6 cm³/mol. The maximum absolute atomic E-state index is 12.8. The molecule has 0 N–H and O–H groups in total. The van der Waals surface area contributed by atoms with Crippen LogP contribution in [0.2, 0.25) is 0 Å². The van der Waals surface area contributed by atoms with Crippen LogP contribution in [0.4, 0.5) is 18.9 Å². The number of methoxy groups -OCH3 is 2. The zero-order chi connectivity index (χ0) is 20.5. The van der Waals surface area contributed by atoms with Crippen molar-refractivity contribution in [3.63, 3.8) is 0 Å². The van der Waals surface area contributed by atoms with Gasteiger partial charge in [-0.05, 0) is 31.2 Å². The van der Waals surface area contributed by atoms with Crippen molar-refractivity contribution in [3.05, 3.63) is 36.4 Å². The van der Waals surface area contributed by atoms with E-state index in [1.54, 1.807) is 18.2 Å². The van der Waals surface area contributed by atoms with E-state index in [0.29, 0.717) is 27.5 Å². The third-order valence-electron chi connectivity index (χ3n) is 4.09. The topological polar surface area (TPSA) is 64.8 Å². The summed E-state index contributed by atoms with van der Waals surface area (Å²) in [6, 6.07) is 9.33. The van der Waals surface area contributed by atoms with E-state index in [1.165, 1.54) is 39.3 Å². The Bertz CT molecular complexity index is 992. The largest absolute Gasteiger partial charge is 0.497 e. The van der Waals surface area contributed by atoms with Gasteiger partial charge in [0.2, 0.25) is 5.89 Å². The van der Waals surface area contributed by atoms with Crippen molar-refractivity contribution in [2.45, 2.75) is 13.1 Å². The zero-order valence-corrected chi connectivity index (χ0v) is 15.3. The molecular weight excluding hydrogens is 377 g/mol. The standard InChI is InChI=1S/C19H17F3N2O4/c1-4-24(18(25)19(20,21)22)12-5-6-15-16(9-12)28-17(23-15)11-7-13(26-2)10-14(8-11)27-3/h5-10H,4H2,1-3H3. The summed E-state index contributed by atoms with van der Waals surface area (Å²) in [4.78, 5) is 16.6. The van der Waals surface area contributed by atoms with Crippen molar-refractivity contribution in [1.82, 2.24) is 4.98 Å². The fourth-order valence-electron chi connectivity index (χ4n) is 2.73. The molecule has 0 saturated heterocycles. The molecule has 0 spiro atoms. The fourth-order valence-corrected chi connectivity index (χ4v) is 2.73. The summed E-state index contributed by atoms with van der Waals surface area (Å²) in [7, 11) is 3.02. The van der Waals surface area contributed by atoms with Crippen LogP contribution in [0.15, 0.2) is 40.8 Å². The third kappa shape index (κ3) is 3.73. The molecule has 6 nitrogen and oxygen atoms in total. The minimum Gasteiger partial charge on any atom is -0.497 e. The molecule has 0 aliphatic rings. The maximum atomic E-state index is 12.8. The van der Waals surface area contributed by atoms with Gasteiger partial charge in [-0.3, -0.25) is 4.79 Å². The first kappa shape index (κ1) is 19.5. The molecule has 1 amide bonds. The Balaban J connectivity index is 2.03. The van der Waals surface area contributed by atoms with E-state index in [4.69, 9.17) is 13.9 Å². The lowest BCUT2D eigenvalue weighted by Gasteiger charge is -2.21. The molecule has 0 aliphatic carbocycles. The lowest BCUT2D eigenvalue weighted by atomic mass is 10.2. The highest BCUT2D eigenvalue weighted by atomic mass is 19.4. The summed E-state index contributed by atoms with van der Waals surface area (Å²) in [5.41, 5.74) is 1.34. The van der Waals surface area contributed by atoms with E-state index < -0.39 is 12.1 Å². The number of oxazole rings is 1. The van der Waals surface area contributed by atoms with Crippen LogP contribution in [0, 0.1) is 0 Å². The van der Waals surface area contributed by atoms with Crippen LogP contribution in [-0.4, -0.2) is 37.8 Å². The van der Waals surface area contributed by atoms with Crippen LogP contribution in [0.1, 0.15) is 6.92 Å². The van der Waals surface area contributed by atoms with Crippen LogP contribution >= 0.6 is 0 Å². The van der Waals surface area contributed by atoms with E-state index >= 15 is 0 Å². The van der Waals surface area contributed by atoms with Gasteiger partial charge < -0.3 is 18.8 Å². The van der Waals surface area contributed by atoms with Crippen LogP contribution in [0.25, 0.3) is 22.6 Å². The van der Waals surface area contributed by atoms with Gasteiger partial charge in [0.1, 0.15) is 17.0 Å². The Morgan fingerprint density at radius 1 is 1.11 bits per heavy atom. The number of benzene rings is 2. The van der Waals surface area contributed by atoms with Gasteiger partial charge in [0.05, 0.1) is 14.2 Å². The molecule has 28 heavy (non-hydrogen) atoms. The second-order valence-electron chi connectivity index (χ2n) is 5.82. The number of rotatable bonds is 5. The number of hydrogen-bond donors (Lipinski definition) is 0. The monoisotopic (exact) mass is 394 g/mol. The zero-order valence-electron chi connectivity index (χ0n) is 15.3. The van der Waals surface area contributed by atoms with Crippen LogP contribution in [0.5, 0.6) is 11.5 Å². The van der Waals surface area contributed by atoms with Crippen molar-refractivity contribution in [3.8, 4) is 23.0 Å². The van der Waals surface area contributed by atoms with Gasteiger partial charge in [0.15, 0.2) is 5.58 Å². The highest BCUT2D eigenvalue weighted by Crippen LogP contribution is 2.33. The number of halogens is 3. The van der Waals surface area contributed by atoms with E-state index in [-0.39, 0.29) is 23.7 Å². The Morgan fingerprint density at radius 3 is 2.29 bits per heavy atom. The molecule has 3 aromatic rings. The Hall–Kier alpha value is -3.23. The number of amides is 1. The average molecular weight is 394 g/mol. The predicted octanol–water partition coefficient (Wildman–Crippen LogP) is 4.43. The third-order valence-corrected chi connectivity index (χ3v) is 4.09. The number of carbonyl (C=O) groups is 1. The van der Waals surface area contributed by atoms with Gasteiger partial charge in [0, 0.05) is 29.9 Å². The van der Waals surface area contributed by atoms with E-state index in [0.717, 1.165) is 0 Å². The highest BCUT2D eigenvalue weighted by molar-refractivity contribution is 5.98. The number of nitrogens with zero attached hydrogens (tertiary/aromatic N) is 2. The summed E-state index contributed by atoms with van der Waals surface area (Å²) in [5.74, 6) is -0.628. The second-order valence-corrected chi connectivity index (χ2v) is 5.82. The number of anilines is 1. The number of aromatic nitrogens is 1. The maximum Gasteiger partial charge on any atom is 0.471 e. The first-order valence-corrected chi connectivity index (χ1v) is 8.29. The Kier molecular flexibility index (Phi) is 5.17. The van der Waals surface area contributed by atoms with E-state index in [2.05, 4.69) is 4.98 Å². The smallest absolute Gasteiger partial charge is 0.471 e. The molecule has 148 valence electrons. The van der Waals surface area contributed by atoms with Crippen LogP contribution in [0.3, 0.4) is 0 Å². The summed E-state index contributed by atoms with van der Waals surface area (Å²) in [6.07, 6.45) is -4.96. The molecule has 2 aromatic carbocycles. The van der Waals surface area contributed by atoms with Gasteiger partial charge in [-0.1, -0.05) is 0 Å². The van der Waals surface area contributed by atoms with E-state index in [1.807, 2.05) is 0 Å². The van der Waals surface area contributed by atoms with Crippen molar-refractivity contribution in [2.24, 2.45) is 0 Å². The highest BCUT2D eigenvalue weighted by Gasteiger charge is 2.42. The van der Waals surface area contributed by atoms with Gasteiger partial charge in [0.25, 0.3) is 0 Å². The van der Waals surface area contributed by atoms with Gasteiger partial charge >= 0.3 is 12.1 Å². The molecule has 9 heteroatoms. The Morgan fingerprint density at radius 2 is 1.75 bits per heavy atom. The Labute approximate surface area is 158 Å². The molecule has 0 atom stereocenters. The molecule has 0 saturated carbocycles. The molecule has 3 rings (SSSR count). The molecule has 1 aromatic heterocycles.